The number of likely N-dealkylation sites (N-methyl/N-ethyl adjacent to an activating group) is 1. The van der Waals surface area contributed by atoms with E-state index in [1.807, 2.05) is 29.3 Å². The molecule has 4 rings (SSSR count). The molecule has 2 fully saturated rings. The largest absolute Gasteiger partial charge is 0.497 e. The van der Waals surface area contributed by atoms with E-state index in [-0.39, 0.29) is 5.91 Å². The molecule has 29 heavy (non-hydrogen) atoms. The quantitative estimate of drug-likeness (QED) is 0.787. The standard InChI is InChI=1S/C22H29N5O2/c1-24-7-9-26(10-8-24)20-15-18(16-23-17-20)22(28)27-13-11-25(12-14-27)19-3-5-21(29-2)6-4-19/h3-6,15-17H,7-14H2,1-2H3. The number of nitrogens with zero attached hydrogens (tertiary/aromatic N) is 5. The van der Waals surface area contributed by atoms with E-state index in [1.165, 1.54) is 0 Å². The van der Waals surface area contributed by atoms with Crippen LogP contribution in [0.2, 0.25) is 0 Å². The lowest BCUT2D eigenvalue weighted by molar-refractivity contribution is 0.0746. The van der Waals surface area contributed by atoms with Crippen LogP contribution >= 0.6 is 0 Å². The molecule has 2 aliphatic heterocycles. The molecule has 2 aliphatic rings. The molecule has 1 amide bonds. The van der Waals surface area contributed by atoms with E-state index in [0.717, 1.165) is 56.4 Å². The summed E-state index contributed by atoms with van der Waals surface area (Å²) in [5.74, 6) is 0.929. The van der Waals surface area contributed by atoms with Gasteiger partial charge in [0.1, 0.15) is 5.75 Å². The molecule has 7 nitrogen and oxygen atoms in total. The van der Waals surface area contributed by atoms with Gasteiger partial charge in [0.2, 0.25) is 0 Å². The molecule has 0 N–H and O–H groups in total. The summed E-state index contributed by atoms with van der Waals surface area (Å²) >= 11 is 0. The van der Waals surface area contributed by atoms with Crippen molar-refractivity contribution in [1.29, 1.82) is 0 Å². The molecule has 3 heterocycles. The fraction of sp³-hybridized carbons (Fsp3) is 0.455. The molecular weight excluding hydrogens is 366 g/mol. The van der Waals surface area contributed by atoms with Gasteiger partial charge in [0.15, 0.2) is 0 Å². The van der Waals surface area contributed by atoms with Crippen LogP contribution in [0.1, 0.15) is 10.4 Å². The third kappa shape index (κ3) is 4.45. The van der Waals surface area contributed by atoms with Crippen LogP contribution in [0.15, 0.2) is 42.7 Å². The zero-order chi connectivity index (χ0) is 20.2. The first kappa shape index (κ1) is 19.5. The Hall–Kier alpha value is -2.80. The SMILES string of the molecule is COc1ccc(N2CCN(C(=O)c3cncc(N4CCN(C)CC4)c3)CC2)cc1. The van der Waals surface area contributed by atoms with E-state index in [1.54, 1.807) is 13.3 Å². The average molecular weight is 396 g/mol. The van der Waals surface area contributed by atoms with Crippen LogP contribution in [-0.4, -0.2) is 87.2 Å². The van der Waals surface area contributed by atoms with E-state index < -0.39 is 0 Å². The maximum atomic E-state index is 13.0. The van der Waals surface area contributed by atoms with E-state index in [0.29, 0.717) is 18.7 Å². The van der Waals surface area contributed by atoms with Gasteiger partial charge in [0, 0.05) is 64.2 Å². The molecule has 0 atom stereocenters. The molecule has 0 saturated carbocycles. The lowest BCUT2D eigenvalue weighted by atomic mass is 10.2. The lowest BCUT2D eigenvalue weighted by Gasteiger charge is -2.36. The van der Waals surface area contributed by atoms with E-state index in [4.69, 9.17) is 4.74 Å². The van der Waals surface area contributed by atoms with Crippen LogP contribution in [0.25, 0.3) is 0 Å². The molecular formula is C22H29N5O2. The summed E-state index contributed by atoms with van der Waals surface area (Å²) in [5, 5.41) is 0. The summed E-state index contributed by atoms with van der Waals surface area (Å²) in [5.41, 5.74) is 2.89. The summed E-state index contributed by atoms with van der Waals surface area (Å²) in [6, 6.07) is 10.1. The van der Waals surface area contributed by atoms with Gasteiger partial charge in [0.25, 0.3) is 5.91 Å². The summed E-state index contributed by atoms with van der Waals surface area (Å²) < 4.78 is 5.23. The Morgan fingerprint density at radius 3 is 2.14 bits per heavy atom. The summed E-state index contributed by atoms with van der Waals surface area (Å²) in [6.45, 7) is 7.07. The Kier molecular flexibility index (Phi) is 5.85. The number of ether oxygens (including phenoxy) is 1. The number of carbonyl (C=O) groups is 1. The Morgan fingerprint density at radius 2 is 1.48 bits per heavy atom. The number of amides is 1. The predicted octanol–water partition coefficient (Wildman–Crippen LogP) is 1.80. The molecule has 0 unspecified atom stereocenters. The topological polar surface area (TPSA) is 52.2 Å². The molecule has 154 valence electrons. The van der Waals surface area contributed by atoms with Crippen molar-refractivity contribution in [2.45, 2.75) is 0 Å². The molecule has 7 heteroatoms. The van der Waals surface area contributed by atoms with E-state index >= 15 is 0 Å². The smallest absolute Gasteiger partial charge is 0.255 e. The van der Waals surface area contributed by atoms with Gasteiger partial charge in [-0.2, -0.15) is 0 Å². The number of benzene rings is 1. The highest BCUT2D eigenvalue weighted by Crippen LogP contribution is 2.22. The van der Waals surface area contributed by atoms with Crippen molar-refractivity contribution in [3.05, 3.63) is 48.3 Å². The highest BCUT2D eigenvalue weighted by atomic mass is 16.5. The number of rotatable bonds is 4. The Balaban J connectivity index is 1.37. The van der Waals surface area contributed by atoms with Crippen LogP contribution < -0.4 is 14.5 Å². The Bertz CT molecular complexity index is 825. The van der Waals surface area contributed by atoms with Crippen molar-refractivity contribution in [2.75, 3.05) is 76.3 Å². The molecule has 0 aliphatic carbocycles. The normalized spacial score (nSPS) is 18.1. The highest BCUT2D eigenvalue weighted by Gasteiger charge is 2.23. The van der Waals surface area contributed by atoms with E-state index in [2.05, 4.69) is 38.9 Å². The van der Waals surface area contributed by atoms with Crippen LogP contribution in [0.3, 0.4) is 0 Å². The van der Waals surface area contributed by atoms with Crippen LogP contribution in [0.5, 0.6) is 5.75 Å². The number of piperazine rings is 2. The zero-order valence-electron chi connectivity index (χ0n) is 17.3. The maximum Gasteiger partial charge on any atom is 0.255 e. The third-order valence-electron chi connectivity index (χ3n) is 5.84. The Labute approximate surface area is 172 Å². The van der Waals surface area contributed by atoms with Crippen molar-refractivity contribution in [3.8, 4) is 5.75 Å². The van der Waals surface area contributed by atoms with Crippen molar-refractivity contribution >= 4 is 17.3 Å². The van der Waals surface area contributed by atoms with Crippen LogP contribution in [0.4, 0.5) is 11.4 Å². The molecule has 0 spiro atoms. The van der Waals surface area contributed by atoms with Crippen LogP contribution in [0, 0.1) is 0 Å². The van der Waals surface area contributed by atoms with Gasteiger partial charge in [-0.05, 0) is 37.4 Å². The number of aromatic nitrogens is 1. The Morgan fingerprint density at radius 1 is 0.862 bits per heavy atom. The minimum atomic E-state index is 0.0721. The fourth-order valence-corrected chi connectivity index (χ4v) is 3.93. The zero-order valence-corrected chi connectivity index (χ0v) is 17.3. The first-order valence-electron chi connectivity index (χ1n) is 10.2. The molecule has 0 radical (unpaired) electrons. The number of hydrogen-bond acceptors (Lipinski definition) is 6. The van der Waals surface area contributed by atoms with E-state index in [9.17, 15) is 4.79 Å². The van der Waals surface area contributed by atoms with Gasteiger partial charge < -0.3 is 24.3 Å². The van der Waals surface area contributed by atoms with Crippen molar-refractivity contribution < 1.29 is 9.53 Å². The van der Waals surface area contributed by atoms with Gasteiger partial charge >= 0.3 is 0 Å². The highest BCUT2D eigenvalue weighted by molar-refractivity contribution is 5.95. The second kappa shape index (κ2) is 8.69. The number of carbonyl (C=O) groups excluding carboxylic acids is 1. The van der Waals surface area contributed by atoms with Gasteiger partial charge in [-0.1, -0.05) is 0 Å². The second-order valence-corrected chi connectivity index (χ2v) is 7.70. The third-order valence-corrected chi connectivity index (χ3v) is 5.84. The first-order chi connectivity index (χ1) is 14.1. The summed E-state index contributed by atoms with van der Waals surface area (Å²) in [6.07, 6.45) is 3.56. The molecule has 1 aromatic heterocycles. The van der Waals surface area contributed by atoms with Gasteiger partial charge in [-0.25, -0.2) is 0 Å². The summed E-state index contributed by atoms with van der Waals surface area (Å²) in [4.78, 5) is 26.3. The lowest BCUT2D eigenvalue weighted by Crippen LogP contribution is -2.49. The fourth-order valence-electron chi connectivity index (χ4n) is 3.93. The first-order valence-corrected chi connectivity index (χ1v) is 10.2. The van der Waals surface area contributed by atoms with Gasteiger partial charge in [0.05, 0.1) is 24.6 Å². The minimum absolute atomic E-state index is 0.0721. The van der Waals surface area contributed by atoms with Crippen molar-refractivity contribution in [3.63, 3.8) is 0 Å². The molecule has 2 aromatic rings. The number of methoxy groups -OCH3 is 1. The van der Waals surface area contributed by atoms with Crippen molar-refractivity contribution in [2.24, 2.45) is 0 Å². The molecule has 0 bridgehead atoms. The number of pyridine rings is 1. The van der Waals surface area contributed by atoms with Crippen molar-refractivity contribution in [1.82, 2.24) is 14.8 Å². The second-order valence-electron chi connectivity index (χ2n) is 7.70. The van der Waals surface area contributed by atoms with Gasteiger partial charge in [-0.15, -0.1) is 0 Å². The van der Waals surface area contributed by atoms with Crippen LogP contribution in [-0.2, 0) is 0 Å². The maximum absolute atomic E-state index is 13.0. The summed E-state index contributed by atoms with van der Waals surface area (Å²) in [7, 11) is 3.81. The van der Waals surface area contributed by atoms with Gasteiger partial charge in [-0.3, -0.25) is 9.78 Å². The predicted molar refractivity (Wildman–Crippen MR) is 115 cm³/mol. The average Bonchev–Trinajstić information content (AvgIpc) is 2.79. The molecule has 2 saturated heterocycles. The number of hydrogen-bond donors (Lipinski definition) is 0. The molecule has 1 aromatic carbocycles. The number of anilines is 2. The minimum Gasteiger partial charge on any atom is -0.497 e. The monoisotopic (exact) mass is 395 g/mol.